The third-order valence-electron chi connectivity index (χ3n) is 4.08. The van der Waals surface area contributed by atoms with E-state index in [1.54, 1.807) is 0 Å². The summed E-state index contributed by atoms with van der Waals surface area (Å²) in [6, 6.07) is 13.5. The van der Waals surface area contributed by atoms with Crippen LogP contribution in [0.25, 0.3) is 0 Å². The molecular weight excluding hydrogens is 378 g/mol. The van der Waals surface area contributed by atoms with E-state index < -0.39 is 10.0 Å². The van der Waals surface area contributed by atoms with E-state index in [-0.39, 0.29) is 24.0 Å². The van der Waals surface area contributed by atoms with Gasteiger partial charge in [0, 0.05) is 31.5 Å². The van der Waals surface area contributed by atoms with Gasteiger partial charge in [-0.25, -0.2) is 13.1 Å². The molecule has 0 aliphatic heterocycles. The van der Waals surface area contributed by atoms with Crippen LogP contribution in [0.5, 0.6) is 0 Å². The zero-order valence-corrected chi connectivity index (χ0v) is 17.3. The van der Waals surface area contributed by atoms with Gasteiger partial charge < -0.3 is 15.0 Å². The van der Waals surface area contributed by atoms with E-state index in [2.05, 4.69) is 14.9 Å². The van der Waals surface area contributed by atoms with Crippen molar-refractivity contribution in [3.05, 3.63) is 59.7 Å². The van der Waals surface area contributed by atoms with E-state index in [4.69, 9.17) is 4.74 Å². The molecular formula is C20H27N3O4S. The van der Waals surface area contributed by atoms with E-state index in [9.17, 15) is 13.2 Å². The Bertz CT molecular complexity index is 863. The third kappa shape index (κ3) is 6.72. The number of hydrogen-bond donors (Lipinski definition) is 2. The van der Waals surface area contributed by atoms with Crippen LogP contribution >= 0.6 is 0 Å². The van der Waals surface area contributed by atoms with Crippen LogP contribution in [0.4, 0.5) is 5.69 Å². The summed E-state index contributed by atoms with van der Waals surface area (Å²) >= 11 is 0. The van der Waals surface area contributed by atoms with E-state index in [0.29, 0.717) is 11.3 Å². The van der Waals surface area contributed by atoms with Crippen LogP contribution in [-0.2, 0) is 21.2 Å². The minimum absolute atomic E-state index is 0.102. The SMILES string of the molecule is COCCNS(=O)(=O)c1ccc(C(=O)Nc2ccc(CCN(C)C)cc2)cc1. The van der Waals surface area contributed by atoms with Crippen LogP contribution < -0.4 is 10.0 Å². The third-order valence-corrected chi connectivity index (χ3v) is 5.56. The molecule has 2 N–H and O–H groups in total. The van der Waals surface area contributed by atoms with Gasteiger partial charge in [0.05, 0.1) is 11.5 Å². The number of nitrogens with one attached hydrogen (secondary N) is 2. The summed E-state index contributed by atoms with van der Waals surface area (Å²) in [7, 11) is 1.94. The molecule has 0 aliphatic rings. The lowest BCUT2D eigenvalue weighted by atomic mass is 10.1. The number of benzene rings is 2. The predicted molar refractivity (Wildman–Crippen MR) is 110 cm³/mol. The number of rotatable bonds is 10. The normalized spacial score (nSPS) is 11.6. The number of anilines is 1. The van der Waals surface area contributed by atoms with Gasteiger partial charge in [-0.05, 0) is 62.5 Å². The maximum atomic E-state index is 12.4. The molecule has 0 fully saturated rings. The quantitative estimate of drug-likeness (QED) is 0.590. The lowest BCUT2D eigenvalue weighted by molar-refractivity contribution is 0.102. The van der Waals surface area contributed by atoms with Crippen LogP contribution in [0.2, 0.25) is 0 Å². The van der Waals surface area contributed by atoms with E-state index in [0.717, 1.165) is 13.0 Å². The topological polar surface area (TPSA) is 87.7 Å². The molecule has 0 saturated carbocycles. The van der Waals surface area contributed by atoms with Crippen molar-refractivity contribution < 1.29 is 17.9 Å². The molecule has 0 spiro atoms. The highest BCUT2D eigenvalue weighted by atomic mass is 32.2. The molecule has 0 radical (unpaired) electrons. The fourth-order valence-electron chi connectivity index (χ4n) is 2.46. The number of carbonyl (C=O) groups is 1. The maximum absolute atomic E-state index is 12.4. The van der Waals surface area contributed by atoms with Gasteiger partial charge in [-0.3, -0.25) is 4.79 Å². The van der Waals surface area contributed by atoms with Crippen molar-refractivity contribution in [1.82, 2.24) is 9.62 Å². The highest BCUT2D eigenvalue weighted by Crippen LogP contribution is 2.14. The summed E-state index contributed by atoms with van der Waals surface area (Å²) in [6.07, 6.45) is 0.940. The first kappa shape index (κ1) is 22.0. The Kier molecular flexibility index (Phi) is 8.13. The summed E-state index contributed by atoms with van der Waals surface area (Å²) in [6.45, 7) is 1.43. The van der Waals surface area contributed by atoms with E-state index in [1.807, 2.05) is 38.4 Å². The molecule has 0 aliphatic carbocycles. The summed E-state index contributed by atoms with van der Waals surface area (Å²) < 4.78 is 31.5. The number of methoxy groups -OCH3 is 1. The average molecular weight is 406 g/mol. The largest absolute Gasteiger partial charge is 0.383 e. The van der Waals surface area contributed by atoms with Crippen molar-refractivity contribution in [2.24, 2.45) is 0 Å². The van der Waals surface area contributed by atoms with Gasteiger partial charge in [-0.15, -0.1) is 0 Å². The second-order valence-corrected chi connectivity index (χ2v) is 8.39. The molecule has 7 nitrogen and oxygen atoms in total. The summed E-state index contributed by atoms with van der Waals surface area (Å²) in [5.41, 5.74) is 2.27. The Morgan fingerprint density at radius 1 is 1.04 bits per heavy atom. The zero-order chi connectivity index (χ0) is 20.6. The molecule has 0 saturated heterocycles. The molecule has 0 aromatic heterocycles. The fourth-order valence-corrected chi connectivity index (χ4v) is 3.47. The van der Waals surface area contributed by atoms with Gasteiger partial charge in [-0.2, -0.15) is 0 Å². The van der Waals surface area contributed by atoms with Crippen molar-refractivity contribution >= 4 is 21.6 Å². The van der Waals surface area contributed by atoms with Crippen molar-refractivity contribution in [2.45, 2.75) is 11.3 Å². The first-order valence-electron chi connectivity index (χ1n) is 8.95. The van der Waals surface area contributed by atoms with Crippen molar-refractivity contribution in [3.8, 4) is 0 Å². The van der Waals surface area contributed by atoms with Gasteiger partial charge in [0.25, 0.3) is 5.91 Å². The maximum Gasteiger partial charge on any atom is 0.255 e. The Hall–Kier alpha value is -2.26. The smallest absolute Gasteiger partial charge is 0.255 e. The fraction of sp³-hybridized carbons (Fsp3) is 0.350. The molecule has 28 heavy (non-hydrogen) atoms. The number of likely N-dealkylation sites (N-methyl/N-ethyl adjacent to an activating group) is 1. The number of amides is 1. The number of carbonyl (C=O) groups excluding carboxylic acids is 1. The number of sulfonamides is 1. The van der Waals surface area contributed by atoms with Crippen molar-refractivity contribution in [3.63, 3.8) is 0 Å². The summed E-state index contributed by atoms with van der Waals surface area (Å²) in [4.78, 5) is 14.6. The van der Waals surface area contributed by atoms with Crippen LogP contribution in [0.3, 0.4) is 0 Å². The van der Waals surface area contributed by atoms with E-state index >= 15 is 0 Å². The predicted octanol–water partition coefficient (Wildman–Crippen LogP) is 1.97. The van der Waals surface area contributed by atoms with Crippen LogP contribution in [-0.4, -0.2) is 60.1 Å². The van der Waals surface area contributed by atoms with Gasteiger partial charge in [0.2, 0.25) is 10.0 Å². The van der Waals surface area contributed by atoms with Gasteiger partial charge in [0.1, 0.15) is 0 Å². The molecule has 0 unspecified atom stereocenters. The average Bonchev–Trinajstić information content (AvgIpc) is 2.67. The second kappa shape index (κ2) is 10.3. The zero-order valence-electron chi connectivity index (χ0n) is 16.4. The van der Waals surface area contributed by atoms with Gasteiger partial charge in [-0.1, -0.05) is 12.1 Å². The summed E-state index contributed by atoms with van der Waals surface area (Å²) in [5, 5.41) is 2.82. The molecule has 0 heterocycles. The number of ether oxygens (including phenoxy) is 1. The minimum Gasteiger partial charge on any atom is -0.383 e. The standard InChI is InChI=1S/C20H27N3O4S/c1-23(2)14-12-16-4-8-18(9-5-16)22-20(24)17-6-10-19(11-7-17)28(25,26)21-13-15-27-3/h4-11,21H,12-15H2,1-3H3,(H,22,24). The first-order chi connectivity index (χ1) is 13.3. The minimum atomic E-state index is -3.62. The van der Waals surface area contributed by atoms with Crippen molar-refractivity contribution in [2.75, 3.05) is 46.2 Å². The highest BCUT2D eigenvalue weighted by molar-refractivity contribution is 7.89. The van der Waals surface area contributed by atoms with E-state index in [1.165, 1.54) is 36.9 Å². The van der Waals surface area contributed by atoms with Crippen LogP contribution in [0, 0.1) is 0 Å². The van der Waals surface area contributed by atoms with Crippen molar-refractivity contribution in [1.29, 1.82) is 0 Å². The molecule has 2 aromatic carbocycles. The molecule has 1 amide bonds. The molecule has 2 rings (SSSR count). The molecule has 2 aromatic rings. The lowest BCUT2D eigenvalue weighted by Crippen LogP contribution is -2.27. The lowest BCUT2D eigenvalue weighted by Gasteiger charge is -2.10. The van der Waals surface area contributed by atoms with Crippen LogP contribution in [0.1, 0.15) is 15.9 Å². The Balaban J connectivity index is 1.97. The monoisotopic (exact) mass is 405 g/mol. The molecule has 8 heteroatoms. The second-order valence-electron chi connectivity index (χ2n) is 6.62. The molecule has 0 bridgehead atoms. The van der Waals surface area contributed by atoms with Gasteiger partial charge >= 0.3 is 0 Å². The Morgan fingerprint density at radius 3 is 2.25 bits per heavy atom. The number of nitrogens with zero attached hydrogens (tertiary/aromatic N) is 1. The molecule has 152 valence electrons. The first-order valence-corrected chi connectivity index (χ1v) is 10.4. The summed E-state index contributed by atoms with van der Waals surface area (Å²) in [5.74, 6) is -0.294. The van der Waals surface area contributed by atoms with Gasteiger partial charge in [0.15, 0.2) is 0 Å². The molecule has 0 atom stereocenters. The Labute approximate surface area is 166 Å². The highest BCUT2D eigenvalue weighted by Gasteiger charge is 2.14. The Morgan fingerprint density at radius 2 is 1.68 bits per heavy atom. The number of hydrogen-bond acceptors (Lipinski definition) is 5. The van der Waals surface area contributed by atoms with Crippen LogP contribution in [0.15, 0.2) is 53.4 Å².